The lowest BCUT2D eigenvalue weighted by Crippen LogP contribution is -2.37. The summed E-state index contributed by atoms with van der Waals surface area (Å²) in [5, 5.41) is 3.37. The second-order valence-electron chi connectivity index (χ2n) is 5.19. The third-order valence-corrected chi connectivity index (χ3v) is 5.29. The van der Waals surface area contributed by atoms with Gasteiger partial charge in [0.05, 0.1) is 5.75 Å². The average molecular weight is 263 g/mol. The Balaban J connectivity index is 2.11. The summed E-state index contributed by atoms with van der Waals surface area (Å²) in [6, 6.07) is 0. The zero-order valence-electron chi connectivity index (χ0n) is 11.0. The molecule has 0 aromatic carbocycles. The quantitative estimate of drug-likeness (QED) is 0.702. The normalized spacial score (nSPS) is 20.4. The number of rotatable bonds is 7. The van der Waals surface area contributed by atoms with E-state index in [4.69, 9.17) is 4.74 Å². The van der Waals surface area contributed by atoms with E-state index in [1.54, 1.807) is 6.92 Å². The van der Waals surface area contributed by atoms with Crippen molar-refractivity contribution in [3.63, 3.8) is 0 Å². The standard InChI is InChI=1S/C12H25NO3S/c1-3-17(14,15)10-4-7-13-11-12(2)5-8-16-9-6-12/h13H,3-11H2,1-2H3. The van der Waals surface area contributed by atoms with Crippen LogP contribution in [0.3, 0.4) is 0 Å². The van der Waals surface area contributed by atoms with Gasteiger partial charge in [-0.05, 0) is 31.2 Å². The molecule has 4 nitrogen and oxygen atoms in total. The minimum Gasteiger partial charge on any atom is -0.381 e. The van der Waals surface area contributed by atoms with Gasteiger partial charge in [-0.2, -0.15) is 0 Å². The summed E-state index contributed by atoms with van der Waals surface area (Å²) in [6.45, 7) is 7.42. The number of hydrogen-bond donors (Lipinski definition) is 1. The van der Waals surface area contributed by atoms with Crippen LogP contribution < -0.4 is 5.32 Å². The molecule has 17 heavy (non-hydrogen) atoms. The lowest BCUT2D eigenvalue weighted by atomic mass is 9.82. The summed E-state index contributed by atoms with van der Waals surface area (Å²) >= 11 is 0. The lowest BCUT2D eigenvalue weighted by molar-refractivity contribution is 0.0242. The highest BCUT2D eigenvalue weighted by Gasteiger charge is 2.26. The van der Waals surface area contributed by atoms with E-state index in [-0.39, 0.29) is 5.75 Å². The summed E-state index contributed by atoms with van der Waals surface area (Å²) in [6.07, 6.45) is 2.89. The first kappa shape index (κ1) is 14.9. The molecule has 0 radical (unpaired) electrons. The maximum Gasteiger partial charge on any atom is 0.150 e. The molecule has 0 unspecified atom stereocenters. The van der Waals surface area contributed by atoms with Gasteiger partial charge in [0.15, 0.2) is 0 Å². The van der Waals surface area contributed by atoms with Crippen LogP contribution in [-0.4, -0.2) is 46.2 Å². The zero-order valence-corrected chi connectivity index (χ0v) is 11.8. The van der Waals surface area contributed by atoms with Crippen molar-refractivity contribution >= 4 is 9.84 Å². The highest BCUT2D eigenvalue weighted by atomic mass is 32.2. The Kier molecular flexibility index (Phi) is 5.89. The third kappa shape index (κ3) is 5.84. The van der Waals surface area contributed by atoms with Gasteiger partial charge in [-0.3, -0.25) is 0 Å². The van der Waals surface area contributed by atoms with Crippen LogP contribution in [0.15, 0.2) is 0 Å². The maximum absolute atomic E-state index is 11.3. The molecule has 102 valence electrons. The Labute approximate surface area is 105 Å². The summed E-state index contributed by atoms with van der Waals surface area (Å²) in [7, 11) is -2.80. The van der Waals surface area contributed by atoms with Gasteiger partial charge in [0, 0.05) is 25.5 Å². The molecule has 1 aliphatic rings. The lowest BCUT2D eigenvalue weighted by Gasteiger charge is -2.33. The van der Waals surface area contributed by atoms with Crippen LogP contribution >= 0.6 is 0 Å². The fraction of sp³-hybridized carbons (Fsp3) is 1.00. The SMILES string of the molecule is CCS(=O)(=O)CCCNCC1(C)CCOCC1. The first-order chi connectivity index (χ1) is 7.97. The van der Waals surface area contributed by atoms with E-state index in [9.17, 15) is 8.42 Å². The average Bonchev–Trinajstić information content (AvgIpc) is 2.29. The van der Waals surface area contributed by atoms with Crippen molar-refractivity contribution in [1.82, 2.24) is 5.32 Å². The minimum absolute atomic E-state index is 0.252. The molecule has 1 rings (SSSR count). The van der Waals surface area contributed by atoms with Gasteiger partial charge in [0.1, 0.15) is 9.84 Å². The molecule has 1 N–H and O–H groups in total. The van der Waals surface area contributed by atoms with Gasteiger partial charge in [-0.25, -0.2) is 8.42 Å². The minimum atomic E-state index is -2.80. The number of sulfone groups is 1. The topological polar surface area (TPSA) is 55.4 Å². The Morgan fingerprint density at radius 3 is 2.53 bits per heavy atom. The molecule has 0 aromatic rings. The first-order valence-electron chi connectivity index (χ1n) is 6.46. The van der Waals surface area contributed by atoms with E-state index in [1.807, 2.05) is 0 Å². The highest BCUT2D eigenvalue weighted by molar-refractivity contribution is 7.91. The van der Waals surface area contributed by atoms with Gasteiger partial charge in [-0.15, -0.1) is 0 Å². The van der Waals surface area contributed by atoms with Crippen molar-refractivity contribution in [2.45, 2.75) is 33.1 Å². The van der Waals surface area contributed by atoms with Crippen molar-refractivity contribution in [2.24, 2.45) is 5.41 Å². The zero-order chi connectivity index (χ0) is 12.8. The highest BCUT2D eigenvalue weighted by Crippen LogP contribution is 2.28. The van der Waals surface area contributed by atoms with Crippen LogP contribution in [-0.2, 0) is 14.6 Å². The van der Waals surface area contributed by atoms with E-state index in [0.717, 1.165) is 39.1 Å². The van der Waals surface area contributed by atoms with Gasteiger partial charge < -0.3 is 10.1 Å². The molecular weight excluding hydrogens is 238 g/mol. The van der Waals surface area contributed by atoms with E-state index < -0.39 is 9.84 Å². The van der Waals surface area contributed by atoms with Crippen LogP contribution in [0.4, 0.5) is 0 Å². The van der Waals surface area contributed by atoms with Crippen LogP contribution in [0.1, 0.15) is 33.1 Å². The molecule has 5 heteroatoms. The fourth-order valence-electron chi connectivity index (χ4n) is 1.99. The summed E-state index contributed by atoms with van der Waals surface area (Å²) in [5.41, 5.74) is 0.321. The second-order valence-corrected chi connectivity index (χ2v) is 7.66. The molecule has 1 saturated heterocycles. The van der Waals surface area contributed by atoms with Crippen molar-refractivity contribution in [2.75, 3.05) is 37.8 Å². The molecular formula is C12H25NO3S. The number of ether oxygens (including phenoxy) is 1. The van der Waals surface area contributed by atoms with Crippen molar-refractivity contribution in [3.05, 3.63) is 0 Å². The third-order valence-electron chi connectivity index (χ3n) is 3.50. The molecule has 0 aromatic heterocycles. The Bertz CT molecular complexity index is 308. The van der Waals surface area contributed by atoms with Gasteiger partial charge in [-0.1, -0.05) is 13.8 Å². The first-order valence-corrected chi connectivity index (χ1v) is 8.28. The van der Waals surface area contributed by atoms with Crippen molar-refractivity contribution < 1.29 is 13.2 Å². The van der Waals surface area contributed by atoms with E-state index in [0.29, 0.717) is 17.6 Å². The Morgan fingerprint density at radius 1 is 1.29 bits per heavy atom. The smallest absolute Gasteiger partial charge is 0.150 e. The predicted octanol–water partition coefficient (Wildman–Crippen LogP) is 1.22. The largest absolute Gasteiger partial charge is 0.381 e. The maximum atomic E-state index is 11.3. The van der Waals surface area contributed by atoms with E-state index in [2.05, 4.69) is 12.2 Å². The number of hydrogen-bond acceptors (Lipinski definition) is 4. The fourth-order valence-corrected chi connectivity index (χ4v) is 2.87. The monoisotopic (exact) mass is 263 g/mol. The van der Waals surface area contributed by atoms with E-state index >= 15 is 0 Å². The van der Waals surface area contributed by atoms with Crippen molar-refractivity contribution in [1.29, 1.82) is 0 Å². The molecule has 0 saturated carbocycles. The summed E-state index contributed by atoms with van der Waals surface area (Å²) in [4.78, 5) is 0. The van der Waals surface area contributed by atoms with Gasteiger partial charge >= 0.3 is 0 Å². The summed E-state index contributed by atoms with van der Waals surface area (Å²) < 4.78 is 27.9. The molecule has 0 aliphatic carbocycles. The molecule has 1 fully saturated rings. The van der Waals surface area contributed by atoms with Gasteiger partial charge in [0.2, 0.25) is 0 Å². The Morgan fingerprint density at radius 2 is 1.94 bits per heavy atom. The van der Waals surface area contributed by atoms with Gasteiger partial charge in [0.25, 0.3) is 0 Å². The van der Waals surface area contributed by atoms with Crippen LogP contribution in [0.25, 0.3) is 0 Å². The molecule has 0 amide bonds. The molecule has 0 atom stereocenters. The van der Waals surface area contributed by atoms with Crippen LogP contribution in [0.5, 0.6) is 0 Å². The molecule has 1 heterocycles. The molecule has 1 aliphatic heterocycles. The Hall–Kier alpha value is -0.130. The number of nitrogens with one attached hydrogen (secondary N) is 1. The van der Waals surface area contributed by atoms with Crippen LogP contribution in [0.2, 0.25) is 0 Å². The molecule has 0 bridgehead atoms. The second kappa shape index (κ2) is 6.71. The van der Waals surface area contributed by atoms with Crippen molar-refractivity contribution in [3.8, 4) is 0 Å². The molecule has 0 spiro atoms. The van der Waals surface area contributed by atoms with Crippen LogP contribution in [0, 0.1) is 5.41 Å². The van der Waals surface area contributed by atoms with E-state index in [1.165, 1.54) is 0 Å². The predicted molar refractivity (Wildman–Crippen MR) is 70.0 cm³/mol. The summed E-state index contributed by atoms with van der Waals surface area (Å²) in [5.74, 6) is 0.554.